The van der Waals surface area contributed by atoms with Gasteiger partial charge in [0.25, 0.3) is 0 Å². The third-order valence-corrected chi connectivity index (χ3v) is 3.79. The van der Waals surface area contributed by atoms with E-state index in [1.807, 2.05) is 39.0 Å². The van der Waals surface area contributed by atoms with Crippen LogP contribution in [0.3, 0.4) is 0 Å². The third-order valence-electron chi connectivity index (χ3n) is 3.79. The van der Waals surface area contributed by atoms with Gasteiger partial charge in [0.2, 0.25) is 0 Å². The smallest absolute Gasteiger partial charge is 0.315 e. The van der Waals surface area contributed by atoms with Crippen molar-refractivity contribution in [3.8, 4) is 0 Å². The lowest BCUT2D eigenvalue weighted by molar-refractivity contribution is 0.0650. The van der Waals surface area contributed by atoms with Crippen molar-refractivity contribution in [2.45, 2.75) is 45.3 Å². The Labute approximate surface area is 120 Å². The summed E-state index contributed by atoms with van der Waals surface area (Å²) in [6, 6.07) is 10.2. The topological polar surface area (TPSA) is 61.4 Å². The largest absolute Gasteiger partial charge is 0.391 e. The molecule has 20 heavy (non-hydrogen) atoms. The Morgan fingerprint density at radius 2 is 2.00 bits per heavy atom. The molecular formula is C16H24N2O2. The van der Waals surface area contributed by atoms with Crippen LogP contribution in [0.5, 0.6) is 0 Å². The van der Waals surface area contributed by atoms with E-state index in [2.05, 4.69) is 22.8 Å². The van der Waals surface area contributed by atoms with Gasteiger partial charge in [-0.25, -0.2) is 4.79 Å². The Balaban J connectivity index is 1.72. The normalized spacial score (nSPS) is 23.0. The molecule has 0 heterocycles. The number of nitrogens with one attached hydrogen (secondary N) is 2. The maximum atomic E-state index is 11.8. The molecular weight excluding hydrogens is 252 g/mol. The molecule has 4 nitrogen and oxygen atoms in total. The molecule has 0 spiro atoms. The molecule has 3 atom stereocenters. The highest BCUT2D eigenvalue weighted by atomic mass is 16.3. The Hall–Kier alpha value is -1.55. The second-order valence-corrected chi connectivity index (χ2v) is 6.60. The summed E-state index contributed by atoms with van der Waals surface area (Å²) in [5.74, 6) is 0.425. The van der Waals surface area contributed by atoms with Crippen LogP contribution in [0, 0.1) is 5.41 Å². The molecule has 1 aromatic carbocycles. The fourth-order valence-electron chi connectivity index (χ4n) is 2.14. The molecule has 2 rings (SSSR count). The summed E-state index contributed by atoms with van der Waals surface area (Å²) in [7, 11) is 0. The van der Waals surface area contributed by atoms with Gasteiger partial charge in [-0.15, -0.1) is 0 Å². The van der Waals surface area contributed by atoms with Crippen molar-refractivity contribution in [1.29, 1.82) is 0 Å². The van der Waals surface area contributed by atoms with E-state index in [4.69, 9.17) is 0 Å². The van der Waals surface area contributed by atoms with Gasteiger partial charge in [-0.05, 0) is 17.4 Å². The number of amides is 2. The van der Waals surface area contributed by atoms with Gasteiger partial charge in [-0.1, -0.05) is 51.1 Å². The first kappa shape index (κ1) is 14.9. The first-order valence-corrected chi connectivity index (χ1v) is 7.15. The highest BCUT2D eigenvalue weighted by molar-refractivity contribution is 5.74. The Kier molecular flexibility index (Phi) is 4.33. The van der Waals surface area contributed by atoms with Crippen LogP contribution in [0.4, 0.5) is 4.79 Å². The molecule has 2 amide bonds. The Bertz CT molecular complexity index is 453. The van der Waals surface area contributed by atoms with Crippen molar-refractivity contribution in [3.05, 3.63) is 35.9 Å². The maximum absolute atomic E-state index is 11.8. The lowest BCUT2D eigenvalue weighted by Gasteiger charge is -2.25. The first-order chi connectivity index (χ1) is 9.38. The molecule has 1 saturated carbocycles. The van der Waals surface area contributed by atoms with E-state index < -0.39 is 6.10 Å². The van der Waals surface area contributed by atoms with E-state index in [1.165, 1.54) is 5.56 Å². The van der Waals surface area contributed by atoms with Crippen LogP contribution >= 0.6 is 0 Å². The zero-order chi connectivity index (χ0) is 14.8. The van der Waals surface area contributed by atoms with Crippen LogP contribution in [0.25, 0.3) is 0 Å². The summed E-state index contributed by atoms with van der Waals surface area (Å²) < 4.78 is 0. The number of aliphatic hydroxyl groups excluding tert-OH is 1. The first-order valence-electron chi connectivity index (χ1n) is 7.15. The molecule has 1 aliphatic carbocycles. The Morgan fingerprint density at radius 1 is 1.35 bits per heavy atom. The SMILES string of the molecule is CC(C)(C)C(O)CNC(=O)NC1CC1c1ccccc1. The fraction of sp³-hybridized carbons (Fsp3) is 0.562. The number of rotatable bonds is 4. The number of hydrogen-bond donors (Lipinski definition) is 3. The summed E-state index contributed by atoms with van der Waals surface area (Å²) in [5.41, 5.74) is 1.05. The molecule has 110 valence electrons. The molecule has 4 heteroatoms. The maximum Gasteiger partial charge on any atom is 0.315 e. The molecule has 1 fully saturated rings. The van der Waals surface area contributed by atoms with E-state index in [0.29, 0.717) is 5.92 Å². The minimum absolute atomic E-state index is 0.197. The molecule has 0 saturated heterocycles. The molecule has 1 aliphatic rings. The number of aliphatic hydroxyl groups is 1. The monoisotopic (exact) mass is 276 g/mol. The number of carbonyl (C=O) groups excluding carboxylic acids is 1. The highest BCUT2D eigenvalue weighted by Gasteiger charge is 2.39. The molecule has 0 radical (unpaired) electrons. The Morgan fingerprint density at radius 3 is 2.60 bits per heavy atom. The lowest BCUT2D eigenvalue weighted by Crippen LogP contribution is -2.44. The van der Waals surface area contributed by atoms with Gasteiger partial charge in [0.05, 0.1) is 6.10 Å². The van der Waals surface area contributed by atoms with E-state index in [1.54, 1.807) is 0 Å². The summed E-state index contributed by atoms with van der Waals surface area (Å²) in [6.45, 7) is 6.12. The van der Waals surface area contributed by atoms with Crippen molar-refractivity contribution in [3.63, 3.8) is 0 Å². The fourth-order valence-corrected chi connectivity index (χ4v) is 2.14. The van der Waals surface area contributed by atoms with E-state index in [9.17, 15) is 9.90 Å². The highest BCUT2D eigenvalue weighted by Crippen LogP contribution is 2.40. The second kappa shape index (κ2) is 5.83. The average Bonchev–Trinajstić information content (AvgIpc) is 3.15. The van der Waals surface area contributed by atoms with Gasteiger partial charge in [-0.2, -0.15) is 0 Å². The minimum atomic E-state index is -0.544. The van der Waals surface area contributed by atoms with Gasteiger partial charge in [0, 0.05) is 18.5 Å². The number of carbonyl (C=O) groups is 1. The summed E-state index contributed by atoms with van der Waals surface area (Å²) in [4.78, 5) is 11.8. The van der Waals surface area contributed by atoms with Crippen LogP contribution in [0.15, 0.2) is 30.3 Å². The van der Waals surface area contributed by atoms with Gasteiger partial charge >= 0.3 is 6.03 Å². The number of hydrogen-bond acceptors (Lipinski definition) is 2. The molecule has 3 unspecified atom stereocenters. The van der Waals surface area contributed by atoms with Crippen molar-refractivity contribution in [1.82, 2.24) is 10.6 Å². The lowest BCUT2D eigenvalue weighted by atomic mass is 9.89. The van der Waals surface area contributed by atoms with Gasteiger partial charge in [0.15, 0.2) is 0 Å². The summed E-state index contributed by atoms with van der Waals surface area (Å²) >= 11 is 0. The van der Waals surface area contributed by atoms with E-state index >= 15 is 0 Å². The van der Waals surface area contributed by atoms with E-state index in [0.717, 1.165) is 6.42 Å². The van der Waals surface area contributed by atoms with Crippen LogP contribution in [0.1, 0.15) is 38.7 Å². The van der Waals surface area contributed by atoms with Gasteiger partial charge < -0.3 is 15.7 Å². The van der Waals surface area contributed by atoms with Crippen LogP contribution in [0.2, 0.25) is 0 Å². The number of benzene rings is 1. The van der Waals surface area contributed by atoms with Crippen molar-refractivity contribution in [2.24, 2.45) is 5.41 Å². The summed E-state index contributed by atoms with van der Waals surface area (Å²) in [6.07, 6.45) is 0.441. The zero-order valence-corrected chi connectivity index (χ0v) is 12.4. The van der Waals surface area contributed by atoms with E-state index in [-0.39, 0.29) is 24.0 Å². The predicted molar refractivity (Wildman–Crippen MR) is 79.6 cm³/mol. The molecule has 0 bridgehead atoms. The average molecular weight is 276 g/mol. The van der Waals surface area contributed by atoms with Crippen LogP contribution < -0.4 is 10.6 Å². The van der Waals surface area contributed by atoms with Gasteiger partial charge in [0.1, 0.15) is 0 Å². The van der Waals surface area contributed by atoms with Crippen molar-refractivity contribution in [2.75, 3.05) is 6.54 Å². The van der Waals surface area contributed by atoms with Crippen molar-refractivity contribution >= 4 is 6.03 Å². The standard InChI is InChI=1S/C16H24N2O2/c1-16(2,3)14(19)10-17-15(20)18-13-9-12(13)11-7-5-4-6-8-11/h4-8,12-14,19H,9-10H2,1-3H3,(H2,17,18,20). The molecule has 0 aromatic heterocycles. The summed E-state index contributed by atoms with van der Waals surface area (Å²) in [5, 5.41) is 15.6. The predicted octanol–water partition coefficient (Wildman–Crippen LogP) is 2.25. The van der Waals surface area contributed by atoms with Crippen LogP contribution in [-0.4, -0.2) is 29.8 Å². The van der Waals surface area contributed by atoms with Crippen LogP contribution in [-0.2, 0) is 0 Å². The molecule has 3 N–H and O–H groups in total. The quantitative estimate of drug-likeness (QED) is 0.790. The molecule has 1 aromatic rings. The third kappa shape index (κ3) is 3.97. The molecule has 0 aliphatic heterocycles. The second-order valence-electron chi connectivity index (χ2n) is 6.60. The number of urea groups is 1. The van der Waals surface area contributed by atoms with Gasteiger partial charge in [-0.3, -0.25) is 0 Å². The zero-order valence-electron chi connectivity index (χ0n) is 12.4. The van der Waals surface area contributed by atoms with Crippen molar-refractivity contribution < 1.29 is 9.90 Å². The minimum Gasteiger partial charge on any atom is -0.391 e.